The summed E-state index contributed by atoms with van der Waals surface area (Å²) in [5, 5.41) is 14.3. The van der Waals surface area contributed by atoms with Crippen LogP contribution in [0.4, 0.5) is 4.79 Å². The second-order valence-electron chi connectivity index (χ2n) is 3.67. The van der Waals surface area contributed by atoms with Gasteiger partial charge in [-0.05, 0) is 0 Å². The molecule has 6 heteroatoms. The number of carbonyl (C=O) groups excluding carboxylic acids is 1. The van der Waals surface area contributed by atoms with Crippen molar-refractivity contribution in [2.75, 3.05) is 27.2 Å². The van der Waals surface area contributed by atoms with Crippen molar-refractivity contribution in [1.82, 2.24) is 20.4 Å². The minimum absolute atomic E-state index is 0.0834. The van der Waals surface area contributed by atoms with Gasteiger partial charge in [0.25, 0.3) is 0 Å². The zero-order valence-electron chi connectivity index (χ0n) is 8.37. The highest BCUT2D eigenvalue weighted by Crippen LogP contribution is 2.14. The molecular formula is C8H15N5O. The lowest BCUT2D eigenvalue weighted by molar-refractivity contribution is 0.124. The molecule has 0 aromatic carbocycles. The predicted molar refractivity (Wildman–Crippen MR) is 52.2 cm³/mol. The molecule has 3 N–H and O–H groups in total. The molecule has 2 unspecified atom stereocenters. The van der Waals surface area contributed by atoms with Crippen molar-refractivity contribution < 1.29 is 4.79 Å². The number of amides is 2. The van der Waals surface area contributed by atoms with Gasteiger partial charge in [0.05, 0.1) is 6.04 Å². The van der Waals surface area contributed by atoms with Crippen LogP contribution in [0.5, 0.6) is 0 Å². The van der Waals surface area contributed by atoms with Gasteiger partial charge >= 0.3 is 6.03 Å². The van der Waals surface area contributed by atoms with E-state index in [2.05, 4.69) is 10.6 Å². The van der Waals surface area contributed by atoms with Crippen LogP contribution in [-0.4, -0.2) is 61.1 Å². The van der Waals surface area contributed by atoms with Gasteiger partial charge in [0.2, 0.25) is 0 Å². The van der Waals surface area contributed by atoms with Gasteiger partial charge in [-0.1, -0.05) is 0 Å². The number of carbonyl (C=O) groups is 1. The molecular weight excluding hydrogens is 182 g/mol. The fourth-order valence-corrected chi connectivity index (χ4v) is 1.95. The van der Waals surface area contributed by atoms with Gasteiger partial charge < -0.3 is 10.2 Å². The summed E-state index contributed by atoms with van der Waals surface area (Å²) in [5.41, 5.74) is 0. The molecule has 0 aromatic heterocycles. The Bertz CT molecular complexity index is 279. The molecule has 0 bridgehead atoms. The van der Waals surface area contributed by atoms with E-state index >= 15 is 0 Å². The summed E-state index contributed by atoms with van der Waals surface area (Å²) < 4.78 is 0. The van der Waals surface area contributed by atoms with Gasteiger partial charge in [0.15, 0.2) is 0 Å². The first-order valence-corrected chi connectivity index (χ1v) is 4.68. The molecule has 0 spiro atoms. The van der Waals surface area contributed by atoms with E-state index in [0.717, 1.165) is 13.1 Å². The molecule has 0 aliphatic carbocycles. The Morgan fingerprint density at radius 2 is 2.00 bits per heavy atom. The number of amidine groups is 1. The maximum absolute atomic E-state index is 11.6. The van der Waals surface area contributed by atoms with E-state index in [1.54, 1.807) is 19.0 Å². The van der Waals surface area contributed by atoms with Crippen LogP contribution in [0.15, 0.2) is 0 Å². The predicted octanol–water partition coefficient (Wildman–Crippen LogP) is -1.15. The van der Waals surface area contributed by atoms with Crippen molar-refractivity contribution in [2.24, 2.45) is 0 Å². The Labute approximate surface area is 82.7 Å². The highest BCUT2D eigenvalue weighted by atomic mass is 16.2. The van der Waals surface area contributed by atoms with Crippen molar-refractivity contribution >= 4 is 11.9 Å². The third-order valence-electron chi connectivity index (χ3n) is 2.82. The average molecular weight is 197 g/mol. The molecule has 2 aliphatic rings. The summed E-state index contributed by atoms with van der Waals surface area (Å²) >= 11 is 0. The highest BCUT2D eigenvalue weighted by molar-refractivity contribution is 6.01. The highest BCUT2D eigenvalue weighted by Gasteiger charge is 2.41. The molecule has 6 nitrogen and oxygen atoms in total. The van der Waals surface area contributed by atoms with Crippen molar-refractivity contribution in [3.05, 3.63) is 0 Å². The van der Waals surface area contributed by atoms with Crippen LogP contribution in [0.3, 0.4) is 0 Å². The van der Waals surface area contributed by atoms with Gasteiger partial charge in [-0.15, -0.1) is 0 Å². The number of urea groups is 1. The lowest BCUT2D eigenvalue weighted by atomic mass is 10.1. The van der Waals surface area contributed by atoms with Crippen molar-refractivity contribution in [1.29, 1.82) is 5.41 Å². The third-order valence-corrected chi connectivity index (χ3v) is 2.82. The summed E-state index contributed by atoms with van der Waals surface area (Å²) in [7, 11) is 3.39. The largest absolute Gasteiger partial charge is 0.326 e. The maximum Gasteiger partial charge on any atom is 0.326 e. The molecule has 78 valence electrons. The summed E-state index contributed by atoms with van der Waals surface area (Å²) in [6.45, 7) is 1.66. The summed E-state index contributed by atoms with van der Waals surface area (Å²) in [4.78, 5) is 14.6. The van der Waals surface area contributed by atoms with E-state index < -0.39 is 0 Å². The van der Waals surface area contributed by atoms with Crippen LogP contribution in [-0.2, 0) is 0 Å². The van der Waals surface area contributed by atoms with Crippen LogP contribution < -0.4 is 10.6 Å². The van der Waals surface area contributed by atoms with E-state index in [9.17, 15) is 4.79 Å². The van der Waals surface area contributed by atoms with Crippen LogP contribution in [0, 0.1) is 5.41 Å². The van der Waals surface area contributed by atoms with E-state index in [0.29, 0.717) is 5.84 Å². The Morgan fingerprint density at radius 3 is 2.71 bits per heavy atom. The normalized spacial score (nSPS) is 33.3. The number of rotatable bonds is 0. The molecule has 2 fully saturated rings. The number of piperazine rings is 1. The molecule has 2 aliphatic heterocycles. The SMILES string of the molecule is CN1C(=N)C2NCCNC2N(C)C1=O. The minimum atomic E-state index is -0.132. The third kappa shape index (κ3) is 1.18. The molecule has 2 amide bonds. The number of hydrogen-bond acceptors (Lipinski definition) is 4. The summed E-state index contributed by atoms with van der Waals surface area (Å²) in [5.74, 6) is 0.338. The van der Waals surface area contributed by atoms with Crippen molar-refractivity contribution in [3.8, 4) is 0 Å². The molecule has 2 atom stereocenters. The van der Waals surface area contributed by atoms with Crippen LogP contribution >= 0.6 is 0 Å². The molecule has 0 saturated carbocycles. The van der Waals surface area contributed by atoms with Crippen molar-refractivity contribution in [2.45, 2.75) is 12.2 Å². The second-order valence-corrected chi connectivity index (χ2v) is 3.67. The summed E-state index contributed by atoms with van der Waals surface area (Å²) in [6.07, 6.45) is -0.0834. The van der Waals surface area contributed by atoms with Crippen LogP contribution in [0.25, 0.3) is 0 Å². The van der Waals surface area contributed by atoms with E-state index in [1.165, 1.54) is 4.90 Å². The standard InChI is InChI=1S/C8H15N5O/c1-12-6(9)5-7(11-4-3-10-5)13(2)8(12)14/h5,7,9-11H,3-4H2,1-2H3. The monoisotopic (exact) mass is 197 g/mol. The fourth-order valence-electron chi connectivity index (χ4n) is 1.95. The quantitative estimate of drug-likeness (QED) is 0.459. The smallest absolute Gasteiger partial charge is 0.310 e. The van der Waals surface area contributed by atoms with Crippen LogP contribution in [0.1, 0.15) is 0 Å². The van der Waals surface area contributed by atoms with Gasteiger partial charge in [-0.3, -0.25) is 15.6 Å². The molecule has 14 heavy (non-hydrogen) atoms. The number of nitrogens with one attached hydrogen (secondary N) is 3. The Balaban J connectivity index is 2.25. The average Bonchev–Trinajstić information content (AvgIpc) is 2.23. The van der Waals surface area contributed by atoms with Gasteiger partial charge in [0, 0.05) is 27.2 Å². The van der Waals surface area contributed by atoms with Crippen LogP contribution in [0.2, 0.25) is 0 Å². The lowest BCUT2D eigenvalue weighted by Crippen LogP contribution is -2.73. The summed E-state index contributed by atoms with van der Waals surface area (Å²) in [6, 6.07) is -0.219. The zero-order valence-corrected chi connectivity index (χ0v) is 8.37. The Hall–Kier alpha value is -1.14. The number of hydrogen-bond donors (Lipinski definition) is 3. The maximum atomic E-state index is 11.6. The minimum Gasteiger partial charge on any atom is -0.310 e. The Morgan fingerprint density at radius 1 is 1.36 bits per heavy atom. The van der Waals surface area contributed by atoms with Gasteiger partial charge in [0.1, 0.15) is 12.0 Å². The second kappa shape index (κ2) is 3.21. The first-order valence-electron chi connectivity index (χ1n) is 4.68. The molecule has 2 rings (SSSR count). The molecule has 0 aromatic rings. The lowest BCUT2D eigenvalue weighted by Gasteiger charge is -2.46. The van der Waals surface area contributed by atoms with E-state index in [4.69, 9.17) is 5.41 Å². The fraction of sp³-hybridized carbons (Fsp3) is 0.750. The van der Waals surface area contributed by atoms with E-state index in [-0.39, 0.29) is 18.2 Å². The van der Waals surface area contributed by atoms with E-state index in [1.807, 2.05) is 0 Å². The van der Waals surface area contributed by atoms with Gasteiger partial charge in [-0.25, -0.2) is 4.79 Å². The first kappa shape index (κ1) is 9.42. The van der Waals surface area contributed by atoms with Gasteiger partial charge in [-0.2, -0.15) is 0 Å². The zero-order chi connectivity index (χ0) is 10.3. The number of likely N-dealkylation sites (N-methyl/N-ethyl adjacent to an activating group) is 2. The molecule has 2 saturated heterocycles. The number of fused-ring (bicyclic) bond motifs is 1. The molecule has 0 radical (unpaired) electrons. The first-order chi connectivity index (χ1) is 6.63. The molecule has 2 heterocycles. The number of nitrogens with zero attached hydrogens (tertiary/aromatic N) is 2. The van der Waals surface area contributed by atoms with Crippen molar-refractivity contribution in [3.63, 3.8) is 0 Å². The Kier molecular flexibility index (Phi) is 2.16. The topological polar surface area (TPSA) is 71.5 Å².